The van der Waals surface area contributed by atoms with Gasteiger partial charge in [0.05, 0.1) is 18.6 Å². The van der Waals surface area contributed by atoms with Gasteiger partial charge in [-0.05, 0) is 50.3 Å². The number of hydrogen-bond acceptors (Lipinski definition) is 6. The molecule has 4 atom stereocenters. The third-order valence-corrected chi connectivity index (χ3v) is 4.52. The smallest absolute Gasteiger partial charge is 0.281 e. The average molecular weight is 411 g/mol. The highest BCUT2D eigenvalue weighted by atomic mass is 16.4. The molecule has 10 heteroatoms. The Balaban J connectivity index is 2.86. The van der Waals surface area contributed by atoms with Gasteiger partial charge < -0.3 is 42.2 Å². The van der Waals surface area contributed by atoms with Crippen molar-refractivity contribution in [2.75, 3.05) is 6.54 Å². The standard InChI is InChI=1S/C19H30N4O6/c1-11(24)16(21)18(27)22-14(4-2-3-9-20)17(26)23-15(19(28)29)10-12-5-7-13(25)8-6-12/h5-8,11,14-16,24-25H,2-4,9-10,20-21H2,1H3,(H,22,27)(H,23,26)(H,28,29)/p+1/t11-,14+,15+,16+/m1/s1. The van der Waals surface area contributed by atoms with E-state index in [1.165, 1.54) is 19.1 Å². The Kier molecular flexibility index (Phi) is 10.1. The zero-order valence-electron chi connectivity index (χ0n) is 16.6. The Morgan fingerprint density at radius 2 is 1.66 bits per heavy atom. The van der Waals surface area contributed by atoms with Crippen LogP contribution < -0.4 is 27.2 Å². The van der Waals surface area contributed by atoms with E-state index in [4.69, 9.17) is 0 Å². The first-order chi connectivity index (χ1) is 13.6. The van der Waals surface area contributed by atoms with Crippen molar-refractivity contribution < 1.29 is 41.2 Å². The van der Waals surface area contributed by atoms with Gasteiger partial charge in [0.1, 0.15) is 17.9 Å². The summed E-state index contributed by atoms with van der Waals surface area (Å²) in [5.41, 5.74) is 7.88. The molecule has 162 valence electrons. The van der Waals surface area contributed by atoms with Crippen LogP contribution in [-0.4, -0.2) is 58.8 Å². The Bertz CT molecular complexity index is 680. The number of carboxylic acid groups (broad SMARTS) is 1. The lowest BCUT2D eigenvalue weighted by atomic mass is 10.0. The van der Waals surface area contributed by atoms with E-state index in [0.29, 0.717) is 24.9 Å². The molecule has 0 aliphatic heterocycles. The van der Waals surface area contributed by atoms with E-state index >= 15 is 0 Å². The normalized spacial score (nSPS) is 15.0. The minimum Gasteiger partial charge on any atom is -0.548 e. The predicted molar refractivity (Wildman–Crippen MR) is 101 cm³/mol. The number of aliphatic hydroxyl groups is 1. The van der Waals surface area contributed by atoms with Crippen LogP contribution in [0.2, 0.25) is 0 Å². The minimum absolute atomic E-state index is 0.0387. The SMILES string of the molecule is C[C@@H](O)[C@H]([NH3+])C(=O)N[C@@H](CCCC[NH3+])C(=O)N[C@@H](Cc1ccc(O)cc1)C(=O)[O-]. The number of rotatable bonds is 12. The number of carbonyl (C=O) groups is 3. The van der Waals surface area contributed by atoms with Crippen molar-refractivity contribution in [1.82, 2.24) is 10.6 Å². The maximum absolute atomic E-state index is 12.7. The van der Waals surface area contributed by atoms with Crippen LogP contribution in [-0.2, 0) is 20.8 Å². The van der Waals surface area contributed by atoms with Crippen LogP contribution >= 0.6 is 0 Å². The van der Waals surface area contributed by atoms with Gasteiger partial charge in [-0.2, -0.15) is 0 Å². The third-order valence-electron chi connectivity index (χ3n) is 4.52. The van der Waals surface area contributed by atoms with Crippen LogP contribution in [0.4, 0.5) is 0 Å². The Hall–Kier alpha value is -2.69. The Morgan fingerprint density at radius 1 is 1.07 bits per heavy atom. The van der Waals surface area contributed by atoms with Gasteiger partial charge >= 0.3 is 0 Å². The van der Waals surface area contributed by atoms with Gasteiger partial charge in [-0.25, -0.2) is 0 Å². The first-order valence-electron chi connectivity index (χ1n) is 9.55. The number of aliphatic carboxylic acids is 1. The molecule has 0 saturated heterocycles. The summed E-state index contributed by atoms with van der Waals surface area (Å²) in [6, 6.07) is 2.66. The molecular formula is C19H31N4O6+. The topological polar surface area (TPSA) is 194 Å². The van der Waals surface area contributed by atoms with E-state index in [1.807, 2.05) is 0 Å². The molecule has 0 saturated carbocycles. The highest BCUT2D eigenvalue weighted by molar-refractivity contribution is 5.91. The summed E-state index contributed by atoms with van der Waals surface area (Å²) in [7, 11) is 0. The van der Waals surface area contributed by atoms with E-state index in [9.17, 15) is 29.7 Å². The second-order valence-electron chi connectivity index (χ2n) is 7.01. The molecule has 1 rings (SSSR count). The number of carboxylic acids is 1. The predicted octanol–water partition coefficient (Wildman–Crippen LogP) is -3.94. The Labute approximate surface area is 169 Å². The van der Waals surface area contributed by atoms with Gasteiger partial charge in [-0.1, -0.05) is 12.1 Å². The second kappa shape index (κ2) is 12.0. The number of aliphatic hydroxyl groups excluding tert-OH is 1. The lowest BCUT2D eigenvalue weighted by molar-refractivity contribution is -0.419. The van der Waals surface area contributed by atoms with Crippen molar-refractivity contribution in [3.63, 3.8) is 0 Å². The third kappa shape index (κ3) is 8.46. The van der Waals surface area contributed by atoms with Crippen molar-refractivity contribution in [3.8, 4) is 5.75 Å². The quantitative estimate of drug-likeness (QED) is 0.190. The highest BCUT2D eigenvalue weighted by Crippen LogP contribution is 2.11. The number of aromatic hydroxyl groups is 1. The highest BCUT2D eigenvalue weighted by Gasteiger charge is 2.29. The molecule has 0 fully saturated rings. The first-order valence-corrected chi connectivity index (χ1v) is 9.55. The van der Waals surface area contributed by atoms with Crippen LogP contribution in [0.5, 0.6) is 5.75 Å². The summed E-state index contributed by atoms with van der Waals surface area (Å²) in [5.74, 6) is -2.68. The average Bonchev–Trinajstić information content (AvgIpc) is 2.67. The molecule has 0 radical (unpaired) electrons. The van der Waals surface area contributed by atoms with E-state index in [2.05, 4.69) is 22.1 Å². The molecule has 0 aliphatic rings. The molecule has 29 heavy (non-hydrogen) atoms. The summed E-state index contributed by atoms with van der Waals surface area (Å²) in [6.07, 6.45) is 0.593. The molecule has 0 heterocycles. The van der Waals surface area contributed by atoms with Gasteiger partial charge in [0.15, 0.2) is 6.04 Å². The maximum Gasteiger partial charge on any atom is 0.281 e. The number of unbranched alkanes of at least 4 members (excludes halogenated alkanes) is 1. The molecule has 10 N–H and O–H groups in total. The van der Waals surface area contributed by atoms with Crippen molar-refractivity contribution in [2.45, 2.75) is 56.8 Å². The fourth-order valence-electron chi connectivity index (χ4n) is 2.63. The summed E-state index contributed by atoms with van der Waals surface area (Å²) in [6.45, 7) is 2.08. The van der Waals surface area contributed by atoms with Gasteiger partial charge in [-0.3, -0.25) is 9.59 Å². The summed E-state index contributed by atoms with van der Waals surface area (Å²) in [5, 5.41) is 35.3. The number of hydrogen-bond donors (Lipinski definition) is 6. The number of benzene rings is 1. The van der Waals surface area contributed by atoms with Gasteiger partial charge in [0.25, 0.3) is 5.91 Å². The number of carbonyl (C=O) groups excluding carboxylic acids is 3. The molecule has 0 aliphatic carbocycles. The molecule has 0 aromatic heterocycles. The zero-order chi connectivity index (χ0) is 22.0. The molecule has 10 nitrogen and oxygen atoms in total. The number of nitrogens with one attached hydrogen (secondary N) is 2. The van der Waals surface area contributed by atoms with Gasteiger partial charge in [0, 0.05) is 0 Å². The Morgan fingerprint density at radius 3 is 2.17 bits per heavy atom. The van der Waals surface area contributed by atoms with Crippen molar-refractivity contribution in [1.29, 1.82) is 0 Å². The molecule has 0 bridgehead atoms. The maximum atomic E-state index is 12.7. The lowest BCUT2D eigenvalue weighted by Gasteiger charge is -2.25. The van der Waals surface area contributed by atoms with E-state index in [-0.39, 0.29) is 12.2 Å². The van der Waals surface area contributed by atoms with Crippen LogP contribution in [0.1, 0.15) is 31.7 Å². The number of phenolic OH excluding ortho intramolecular Hbond substituents is 1. The summed E-state index contributed by atoms with van der Waals surface area (Å²) in [4.78, 5) is 36.4. The number of amides is 2. The molecule has 1 aromatic carbocycles. The summed E-state index contributed by atoms with van der Waals surface area (Å²) >= 11 is 0. The molecular weight excluding hydrogens is 380 g/mol. The van der Waals surface area contributed by atoms with Crippen LogP contribution in [0.15, 0.2) is 24.3 Å². The number of phenols is 1. The fraction of sp³-hybridized carbons (Fsp3) is 0.526. The van der Waals surface area contributed by atoms with Crippen molar-refractivity contribution >= 4 is 17.8 Å². The largest absolute Gasteiger partial charge is 0.548 e. The van der Waals surface area contributed by atoms with Gasteiger partial charge in [-0.15, -0.1) is 0 Å². The van der Waals surface area contributed by atoms with E-state index in [1.54, 1.807) is 12.1 Å². The van der Waals surface area contributed by atoms with E-state index < -0.39 is 42.0 Å². The van der Waals surface area contributed by atoms with Crippen LogP contribution in [0.25, 0.3) is 0 Å². The summed E-state index contributed by atoms with van der Waals surface area (Å²) < 4.78 is 0. The molecule has 0 unspecified atom stereocenters. The number of quaternary nitrogens is 2. The molecule has 1 aromatic rings. The first kappa shape index (κ1) is 24.3. The zero-order valence-corrected chi connectivity index (χ0v) is 16.6. The molecule has 2 amide bonds. The van der Waals surface area contributed by atoms with Gasteiger partial charge in [0.2, 0.25) is 5.91 Å². The second-order valence-corrected chi connectivity index (χ2v) is 7.01. The van der Waals surface area contributed by atoms with E-state index in [0.717, 1.165) is 6.42 Å². The molecule has 0 spiro atoms. The lowest BCUT2D eigenvalue weighted by Crippen LogP contribution is -2.73. The van der Waals surface area contributed by atoms with Crippen molar-refractivity contribution in [2.24, 2.45) is 0 Å². The van der Waals surface area contributed by atoms with Crippen molar-refractivity contribution in [3.05, 3.63) is 29.8 Å². The minimum atomic E-state index is -1.46. The van der Waals surface area contributed by atoms with Crippen LogP contribution in [0.3, 0.4) is 0 Å². The fourth-order valence-corrected chi connectivity index (χ4v) is 2.63. The van der Waals surface area contributed by atoms with Crippen LogP contribution in [0, 0.1) is 0 Å². The monoisotopic (exact) mass is 411 g/mol.